The number of amides is 1. The summed E-state index contributed by atoms with van der Waals surface area (Å²) < 4.78 is 0. The van der Waals surface area contributed by atoms with E-state index in [1.54, 1.807) is 0 Å². The van der Waals surface area contributed by atoms with Crippen LogP contribution in [0.4, 0.5) is 5.69 Å². The van der Waals surface area contributed by atoms with Gasteiger partial charge >= 0.3 is 0 Å². The normalized spacial score (nSPS) is 15.1. The summed E-state index contributed by atoms with van der Waals surface area (Å²) in [5.74, 6) is 0.262. The van der Waals surface area contributed by atoms with Gasteiger partial charge in [0.2, 0.25) is 5.91 Å². The topological polar surface area (TPSA) is 20.3 Å². The number of aryl methyl sites for hydroxylation is 1. The molecule has 0 fully saturated rings. The molecule has 1 heterocycles. The van der Waals surface area contributed by atoms with E-state index >= 15 is 0 Å². The Balaban J connectivity index is 2.29. The van der Waals surface area contributed by atoms with Crippen molar-refractivity contribution in [3.05, 3.63) is 36.2 Å². The van der Waals surface area contributed by atoms with Gasteiger partial charge < -0.3 is 4.90 Å². The van der Waals surface area contributed by atoms with Crippen molar-refractivity contribution in [3.8, 4) is 0 Å². The van der Waals surface area contributed by atoms with E-state index in [0.717, 1.165) is 37.1 Å². The largest absolute Gasteiger partial charge is 0.312 e. The maximum atomic E-state index is 11.9. The third-order valence-electron chi connectivity index (χ3n) is 3.08. The van der Waals surface area contributed by atoms with Crippen molar-refractivity contribution in [1.29, 1.82) is 0 Å². The van der Waals surface area contributed by atoms with Crippen molar-refractivity contribution in [2.24, 2.45) is 0 Å². The zero-order chi connectivity index (χ0) is 11.5. The molecule has 2 nitrogen and oxygen atoms in total. The highest BCUT2D eigenvalue weighted by Crippen LogP contribution is 2.28. The van der Waals surface area contributed by atoms with Crippen LogP contribution in [0, 0.1) is 6.92 Å². The summed E-state index contributed by atoms with van der Waals surface area (Å²) in [6.07, 6.45) is 3.68. The number of anilines is 1. The molecule has 0 spiro atoms. The van der Waals surface area contributed by atoms with Gasteiger partial charge in [0.05, 0.1) is 0 Å². The molecular formula is C14H18NO. The smallest absolute Gasteiger partial charge is 0.227 e. The highest BCUT2D eigenvalue weighted by Gasteiger charge is 2.23. The average Bonchev–Trinajstić information content (AvgIpc) is 2.28. The Bertz CT molecular complexity index is 398. The molecular weight excluding hydrogens is 198 g/mol. The first-order chi connectivity index (χ1) is 7.72. The molecule has 0 unspecified atom stereocenters. The van der Waals surface area contributed by atoms with E-state index in [2.05, 4.69) is 19.9 Å². The number of carbonyl (C=O) groups excluding carboxylic acids is 1. The summed E-state index contributed by atoms with van der Waals surface area (Å²) >= 11 is 0. The van der Waals surface area contributed by atoms with Gasteiger partial charge in [-0.3, -0.25) is 4.79 Å². The second kappa shape index (κ2) is 4.69. The predicted molar refractivity (Wildman–Crippen MR) is 66.5 cm³/mol. The third kappa shape index (κ3) is 2.11. The SMILES string of the molecule is [CH2]c1ccc2c(c1)CCC(=O)N2CCCC. The van der Waals surface area contributed by atoms with Crippen molar-refractivity contribution in [1.82, 2.24) is 0 Å². The minimum absolute atomic E-state index is 0.262. The fraction of sp³-hybridized carbons (Fsp3) is 0.429. The van der Waals surface area contributed by atoms with Gasteiger partial charge in [0.15, 0.2) is 0 Å². The van der Waals surface area contributed by atoms with Gasteiger partial charge in [-0.1, -0.05) is 25.5 Å². The molecule has 1 aromatic rings. The van der Waals surface area contributed by atoms with Crippen LogP contribution in [0.3, 0.4) is 0 Å². The standard InChI is InChI=1S/C14H18NO/c1-3-4-9-15-13-7-5-11(2)10-12(13)6-8-14(15)16/h5,7,10H,2-4,6,8-9H2,1H3. The van der Waals surface area contributed by atoms with E-state index in [4.69, 9.17) is 0 Å². The average molecular weight is 216 g/mol. The highest BCUT2D eigenvalue weighted by molar-refractivity contribution is 5.96. The number of benzene rings is 1. The second-order valence-corrected chi connectivity index (χ2v) is 4.36. The van der Waals surface area contributed by atoms with E-state index in [9.17, 15) is 4.79 Å². The quantitative estimate of drug-likeness (QED) is 0.760. The minimum Gasteiger partial charge on any atom is -0.312 e. The van der Waals surface area contributed by atoms with Crippen molar-refractivity contribution in [3.63, 3.8) is 0 Å². The van der Waals surface area contributed by atoms with Gasteiger partial charge in [-0.2, -0.15) is 0 Å². The number of hydrogen-bond acceptors (Lipinski definition) is 1. The molecule has 1 aliphatic rings. The van der Waals surface area contributed by atoms with Gasteiger partial charge in [-0.15, -0.1) is 0 Å². The zero-order valence-electron chi connectivity index (χ0n) is 9.83. The van der Waals surface area contributed by atoms with Crippen molar-refractivity contribution < 1.29 is 4.79 Å². The Morgan fingerprint density at radius 1 is 1.38 bits per heavy atom. The lowest BCUT2D eigenvalue weighted by Gasteiger charge is -2.29. The maximum Gasteiger partial charge on any atom is 0.227 e. The molecule has 0 saturated heterocycles. The van der Waals surface area contributed by atoms with Crippen LogP contribution in [0.5, 0.6) is 0 Å². The first kappa shape index (κ1) is 11.2. The summed E-state index contributed by atoms with van der Waals surface area (Å²) in [5, 5.41) is 0. The fourth-order valence-electron chi connectivity index (χ4n) is 2.17. The van der Waals surface area contributed by atoms with Gasteiger partial charge in [0, 0.05) is 18.7 Å². The van der Waals surface area contributed by atoms with Crippen LogP contribution >= 0.6 is 0 Å². The molecule has 0 saturated carbocycles. The first-order valence-electron chi connectivity index (χ1n) is 5.97. The summed E-state index contributed by atoms with van der Waals surface area (Å²) in [5.41, 5.74) is 3.39. The molecule has 1 aromatic carbocycles. The van der Waals surface area contributed by atoms with Gasteiger partial charge in [0.1, 0.15) is 0 Å². The molecule has 1 amide bonds. The van der Waals surface area contributed by atoms with Crippen molar-refractivity contribution in [2.45, 2.75) is 32.6 Å². The van der Waals surface area contributed by atoms with Crippen LogP contribution in [-0.4, -0.2) is 12.5 Å². The van der Waals surface area contributed by atoms with E-state index in [1.807, 2.05) is 17.0 Å². The van der Waals surface area contributed by atoms with Crippen molar-refractivity contribution in [2.75, 3.05) is 11.4 Å². The van der Waals surface area contributed by atoms with Crippen LogP contribution in [0.25, 0.3) is 0 Å². The third-order valence-corrected chi connectivity index (χ3v) is 3.08. The summed E-state index contributed by atoms with van der Waals surface area (Å²) in [4.78, 5) is 13.8. The monoisotopic (exact) mass is 216 g/mol. The van der Waals surface area contributed by atoms with Crippen LogP contribution < -0.4 is 4.90 Å². The molecule has 2 rings (SSSR count). The van der Waals surface area contributed by atoms with Crippen LogP contribution in [0.2, 0.25) is 0 Å². The van der Waals surface area contributed by atoms with E-state index < -0.39 is 0 Å². The Hall–Kier alpha value is -1.31. The molecule has 0 atom stereocenters. The van der Waals surface area contributed by atoms with Crippen LogP contribution in [0.15, 0.2) is 18.2 Å². The van der Waals surface area contributed by atoms with Gasteiger partial charge in [-0.25, -0.2) is 0 Å². The molecule has 2 heteroatoms. The molecule has 16 heavy (non-hydrogen) atoms. The van der Waals surface area contributed by atoms with Gasteiger partial charge in [-0.05, 0) is 37.0 Å². The highest BCUT2D eigenvalue weighted by atomic mass is 16.2. The van der Waals surface area contributed by atoms with Crippen molar-refractivity contribution >= 4 is 11.6 Å². The molecule has 1 radical (unpaired) electrons. The lowest BCUT2D eigenvalue weighted by Crippen LogP contribution is -2.35. The summed E-state index contributed by atoms with van der Waals surface area (Å²) in [7, 11) is 0. The lowest BCUT2D eigenvalue weighted by atomic mass is 9.99. The molecule has 1 aliphatic heterocycles. The first-order valence-corrected chi connectivity index (χ1v) is 5.97. The number of rotatable bonds is 3. The molecule has 85 valence electrons. The fourth-order valence-corrected chi connectivity index (χ4v) is 2.17. The van der Waals surface area contributed by atoms with E-state index in [1.165, 1.54) is 5.56 Å². The van der Waals surface area contributed by atoms with Crippen LogP contribution in [0.1, 0.15) is 37.3 Å². The number of nitrogens with zero attached hydrogens (tertiary/aromatic N) is 1. The lowest BCUT2D eigenvalue weighted by molar-refractivity contribution is -0.118. The number of unbranched alkanes of at least 4 members (excludes halogenated alkanes) is 1. The Morgan fingerprint density at radius 2 is 2.19 bits per heavy atom. The zero-order valence-corrected chi connectivity index (χ0v) is 9.83. The maximum absolute atomic E-state index is 11.9. The minimum atomic E-state index is 0.262. The van der Waals surface area contributed by atoms with Crippen LogP contribution in [-0.2, 0) is 11.2 Å². The number of fused-ring (bicyclic) bond motifs is 1. The molecule has 0 N–H and O–H groups in total. The molecule has 0 aliphatic carbocycles. The Labute approximate surface area is 97.3 Å². The Kier molecular flexibility index (Phi) is 3.28. The molecule has 0 aromatic heterocycles. The predicted octanol–water partition coefficient (Wildman–Crippen LogP) is 2.95. The number of carbonyl (C=O) groups is 1. The number of hydrogen-bond donors (Lipinski definition) is 0. The van der Waals surface area contributed by atoms with E-state index in [-0.39, 0.29) is 5.91 Å². The summed E-state index contributed by atoms with van der Waals surface area (Å²) in [6.45, 7) is 6.92. The second-order valence-electron chi connectivity index (χ2n) is 4.36. The Morgan fingerprint density at radius 3 is 2.94 bits per heavy atom. The van der Waals surface area contributed by atoms with E-state index in [0.29, 0.717) is 6.42 Å². The van der Waals surface area contributed by atoms with Gasteiger partial charge in [0.25, 0.3) is 0 Å². The molecule has 0 bridgehead atoms. The summed E-state index contributed by atoms with van der Waals surface area (Å²) in [6, 6.07) is 6.11.